The maximum atomic E-state index is 5.88. The van der Waals surface area contributed by atoms with Gasteiger partial charge in [0.1, 0.15) is 6.10 Å². The third-order valence-electron chi connectivity index (χ3n) is 3.72. The number of hydrogen-bond donors (Lipinski definition) is 2. The maximum absolute atomic E-state index is 5.88. The molecule has 2 N–H and O–H groups in total. The van der Waals surface area contributed by atoms with Crippen LogP contribution in [0.25, 0.3) is 0 Å². The van der Waals surface area contributed by atoms with Gasteiger partial charge in [0.15, 0.2) is 11.6 Å². The number of nitrogens with zero attached hydrogens (tertiary/aromatic N) is 4. The van der Waals surface area contributed by atoms with Gasteiger partial charge in [-0.15, -0.1) is 0 Å². The minimum Gasteiger partial charge on any atom is -0.472 e. The van der Waals surface area contributed by atoms with Gasteiger partial charge in [-0.2, -0.15) is 10.1 Å². The van der Waals surface area contributed by atoms with Crippen LogP contribution in [0.4, 0.5) is 11.6 Å². The van der Waals surface area contributed by atoms with Crippen molar-refractivity contribution in [3.63, 3.8) is 0 Å². The van der Waals surface area contributed by atoms with E-state index in [1.54, 1.807) is 12.4 Å². The van der Waals surface area contributed by atoms with Gasteiger partial charge < -0.3 is 15.0 Å². The number of aromatic amines is 1. The van der Waals surface area contributed by atoms with E-state index in [1.807, 2.05) is 6.07 Å². The van der Waals surface area contributed by atoms with Gasteiger partial charge in [0, 0.05) is 24.8 Å². The molecule has 7 nitrogen and oxygen atoms in total. The van der Waals surface area contributed by atoms with Gasteiger partial charge in [-0.1, -0.05) is 13.8 Å². The Morgan fingerprint density at radius 2 is 2.23 bits per heavy atom. The van der Waals surface area contributed by atoms with Crippen LogP contribution in [0.2, 0.25) is 0 Å². The van der Waals surface area contributed by atoms with Gasteiger partial charge in [-0.05, 0) is 19.4 Å². The van der Waals surface area contributed by atoms with Gasteiger partial charge in [-0.3, -0.25) is 10.1 Å². The minimum absolute atomic E-state index is 0.187. The van der Waals surface area contributed by atoms with Crippen molar-refractivity contribution in [1.29, 1.82) is 0 Å². The van der Waals surface area contributed by atoms with Crippen molar-refractivity contribution in [2.24, 2.45) is 0 Å². The highest BCUT2D eigenvalue weighted by Gasteiger charge is 2.21. The van der Waals surface area contributed by atoms with Gasteiger partial charge in [0.05, 0.1) is 12.4 Å². The van der Waals surface area contributed by atoms with Crippen molar-refractivity contribution >= 4 is 11.6 Å². The molecule has 1 aliphatic heterocycles. The molecule has 1 atom stereocenters. The predicted octanol–water partition coefficient (Wildman–Crippen LogP) is 2.15. The molecule has 2 aromatic heterocycles. The number of hydrogen-bond acceptors (Lipinski definition) is 6. The lowest BCUT2D eigenvalue weighted by Gasteiger charge is -2.13. The van der Waals surface area contributed by atoms with Gasteiger partial charge >= 0.3 is 0 Å². The van der Waals surface area contributed by atoms with Crippen LogP contribution < -0.4 is 10.1 Å². The van der Waals surface area contributed by atoms with E-state index >= 15 is 0 Å². The zero-order chi connectivity index (χ0) is 15.5. The Bertz CT molecular complexity index is 626. The summed E-state index contributed by atoms with van der Waals surface area (Å²) < 4.78 is 5.88. The Morgan fingerprint density at radius 3 is 2.91 bits per heavy atom. The number of likely N-dealkylation sites (N-methyl/N-ethyl adjacent to an activating group) is 1. The summed E-state index contributed by atoms with van der Waals surface area (Å²) in [5, 5.41) is 10.4. The summed E-state index contributed by atoms with van der Waals surface area (Å²) in [5.74, 6) is 2.31. The van der Waals surface area contributed by atoms with Crippen molar-refractivity contribution in [3.05, 3.63) is 24.2 Å². The molecule has 2 aromatic rings. The van der Waals surface area contributed by atoms with Crippen molar-refractivity contribution in [1.82, 2.24) is 25.1 Å². The second-order valence-electron chi connectivity index (χ2n) is 6.02. The summed E-state index contributed by atoms with van der Waals surface area (Å²) in [6, 6.07) is 1.98. The highest BCUT2D eigenvalue weighted by Crippen LogP contribution is 2.20. The van der Waals surface area contributed by atoms with Gasteiger partial charge in [-0.25, -0.2) is 0 Å². The lowest BCUT2D eigenvalue weighted by molar-refractivity contribution is 0.199. The second kappa shape index (κ2) is 6.31. The zero-order valence-electron chi connectivity index (χ0n) is 13.2. The van der Waals surface area contributed by atoms with Gasteiger partial charge in [0.2, 0.25) is 5.88 Å². The average molecular weight is 302 g/mol. The summed E-state index contributed by atoms with van der Waals surface area (Å²) in [5.41, 5.74) is 1.08. The molecule has 22 heavy (non-hydrogen) atoms. The van der Waals surface area contributed by atoms with E-state index in [0.29, 0.717) is 17.6 Å². The Labute approximate surface area is 130 Å². The van der Waals surface area contributed by atoms with E-state index in [4.69, 9.17) is 4.74 Å². The van der Waals surface area contributed by atoms with Crippen molar-refractivity contribution in [2.75, 3.05) is 25.5 Å². The van der Waals surface area contributed by atoms with Crippen molar-refractivity contribution in [2.45, 2.75) is 32.3 Å². The molecule has 0 bridgehead atoms. The molecule has 118 valence electrons. The number of rotatable bonds is 5. The minimum atomic E-state index is 0.187. The molecule has 0 spiro atoms. The van der Waals surface area contributed by atoms with Crippen LogP contribution in [0.3, 0.4) is 0 Å². The molecule has 3 rings (SSSR count). The molecule has 0 saturated carbocycles. The molecular weight excluding hydrogens is 280 g/mol. The lowest BCUT2D eigenvalue weighted by Crippen LogP contribution is -2.21. The van der Waals surface area contributed by atoms with Crippen LogP contribution in [0.15, 0.2) is 18.5 Å². The zero-order valence-corrected chi connectivity index (χ0v) is 13.2. The first kappa shape index (κ1) is 14.8. The van der Waals surface area contributed by atoms with E-state index in [1.165, 1.54) is 0 Å². The summed E-state index contributed by atoms with van der Waals surface area (Å²) in [7, 11) is 2.09. The number of anilines is 2. The number of likely N-dealkylation sites (tertiary alicyclic amines) is 1. The van der Waals surface area contributed by atoms with Crippen LogP contribution in [-0.2, 0) is 0 Å². The predicted molar refractivity (Wildman–Crippen MR) is 84.5 cm³/mol. The molecule has 0 amide bonds. The Kier molecular flexibility index (Phi) is 4.24. The molecule has 0 aliphatic carbocycles. The summed E-state index contributed by atoms with van der Waals surface area (Å²) >= 11 is 0. The third kappa shape index (κ3) is 3.54. The highest BCUT2D eigenvalue weighted by molar-refractivity contribution is 5.51. The molecule has 1 aliphatic rings. The first-order valence-corrected chi connectivity index (χ1v) is 7.59. The largest absolute Gasteiger partial charge is 0.472 e. The number of H-pyrrole nitrogens is 1. The van der Waals surface area contributed by atoms with E-state index in [-0.39, 0.29) is 6.10 Å². The standard InChI is InChI=1S/C15H22N6O/c1-10(2)12-6-13(20-19-12)17-14-7-16-8-15(18-14)22-11-4-5-21(3)9-11/h6-8,10-11H,4-5,9H2,1-3H3,(H2,17,18,19,20)/t11-/m0/s1. The fraction of sp³-hybridized carbons (Fsp3) is 0.533. The second-order valence-corrected chi connectivity index (χ2v) is 6.02. The highest BCUT2D eigenvalue weighted by atomic mass is 16.5. The molecule has 7 heteroatoms. The maximum Gasteiger partial charge on any atom is 0.234 e. The van der Waals surface area contributed by atoms with Crippen molar-refractivity contribution < 1.29 is 4.74 Å². The van der Waals surface area contributed by atoms with Crippen LogP contribution in [0.1, 0.15) is 31.9 Å². The van der Waals surface area contributed by atoms with Gasteiger partial charge in [0.25, 0.3) is 0 Å². The van der Waals surface area contributed by atoms with E-state index < -0.39 is 0 Å². The third-order valence-corrected chi connectivity index (χ3v) is 3.72. The van der Waals surface area contributed by atoms with E-state index in [9.17, 15) is 0 Å². The smallest absolute Gasteiger partial charge is 0.234 e. The Morgan fingerprint density at radius 1 is 1.36 bits per heavy atom. The lowest BCUT2D eigenvalue weighted by atomic mass is 10.1. The summed E-state index contributed by atoms with van der Waals surface area (Å²) in [6.07, 6.45) is 4.52. The molecule has 1 saturated heterocycles. The summed E-state index contributed by atoms with van der Waals surface area (Å²) in [4.78, 5) is 10.9. The topological polar surface area (TPSA) is 79.0 Å². The van der Waals surface area contributed by atoms with E-state index in [2.05, 4.69) is 51.3 Å². The molecule has 3 heterocycles. The van der Waals surface area contributed by atoms with Crippen LogP contribution in [0, 0.1) is 0 Å². The average Bonchev–Trinajstić information content (AvgIpc) is 3.09. The summed E-state index contributed by atoms with van der Waals surface area (Å²) in [6.45, 7) is 6.21. The van der Waals surface area contributed by atoms with Crippen LogP contribution in [0.5, 0.6) is 5.88 Å². The Hall–Kier alpha value is -2.15. The van der Waals surface area contributed by atoms with E-state index in [0.717, 1.165) is 31.0 Å². The number of aromatic nitrogens is 4. The molecule has 1 fully saturated rings. The normalized spacial score (nSPS) is 18.8. The molecule has 0 aromatic carbocycles. The quantitative estimate of drug-likeness (QED) is 0.881. The fourth-order valence-corrected chi connectivity index (χ4v) is 2.45. The van der Waals surface area contributed by atoms with Crippen LogP contribution in [-0.4, -0.2) is 51.3 Å². The molecule has 0 radical (unpaired) electrons. The first-order valence-electron chi connectivity index (χ1n) is 7.59. The SMILES string of the molecule is CC(C)c1cc(Nc2cncc(O[C@H]3CCN(C)C3)n2)n[nH]1. The fourth-order valence-electron chi connectivity index (χ4n) is 2.45. The Balaban J connectivity index is 1.65. The first-order chi connectivity index (χ1) is 10.6. The van der Waals surface area contributed by atoms with Crippen molar-refractivity contribution in [3.8, 4) is 5.88 Å². The number of nitrogens with one attached hydrogen (secondary N) is 2. The molecular formula is C15H22N6O. The molecule has 0 unspecified atom stereocenters. The number of ether oxygens (including phenoxy) is 1. The van der Waals surface area contributed by atoms with Crippen LogP contribution >= 0.6 is 0 Å². The monoisotopic (exact) mass is 302 g/mol.